The number of hydrogen-bond donors (Lipinski definition) is 0. The van der Waals surface area contributed by atoms with E-state index in [1.807, 2.05) is 0 Å². The Bertz CT molecular complexity index is 590. The summed E-state index contributed by atoms with van der Waals surface area (Å²) in [4.78, 5) is 11.2. The first-order chi connectivity index (χ1) is 8.00. The molecule has 2 rings (SSSR count). The van der Waals surface area contributed by atoms with Crippen LogP contribution in [0.2, 0.25) is 0 Å². The molecule has 0 bridgehead atoms. The van der Waals surface area contributed by atoms with E-state index in [4.69, 9.17) is 0 Å². The van der Waals surface area contributed by atoms with Gasteiger partial charge >= 0.3 is 0 Å². The number of carbonyl (C=O) groups is 1. The van der Waals surface area contributed by atoms with E-state index in [0.717, 1.165) is 18.2 Å². The second-order valence-electron chi connectivity index (χ2n) is 3.71. The molecule has 0 amide bonds. The maximum absolute atomic E-state index is 13.5. The van der Waals surface area contributed by atoms with Crippen LogP contribution < -0.4 is 0 Å². The van der Waals surface area contributed by atoms with Gasteiger partial charge in [0.1, 0.15) is 17.3 Å². The number of hydrogen-bond acceptors (Lipinski definition) is 2. The SMILES string of the molecule is CC(=O)c1cnn(-c2cc(F)ccc2F)c1C. The predicted octanol–water partition coefficient (Wildman–Crippen LogP) is 2.66. The van der Waals surface area contributed by atoms with E-state index in [0.29, 0.717) is 11.3 Å². The van der Waals surface area contributed by atoms with E-state index in [9.17, 15) is 13.6 Å². The van der Waals surface area contributed by atoms with Crippen LogP contribution in [0.4, 0.5) is 8.78 Å². The van der Waals surface area contributed by atoms with Crippen molar-refractivity contribution in [2.45, 2.75) is 13.8 Å². The van der Waals surface area contributed by atoms with E-state index >= 15 is 0 Å². The van der Waals surface area contributed by atoms with E-state index in [-0.39, 0.29) is 11.5 Å². The number of carbonyl (C=O) groups excluding carboxylic acids is 1. The van der Waals surface area contributed by atoms with Crippen LogP contribution in [-0.4, -0.2) is 15.6 Å². The standard InChI is InChI=1S/C12H10F2N2O/c1-7-10(8(2)17)6-15-16(7)12-5-9(13)3-4-11(12)14/h3-6H,1-2H3. The average Bonchev–Trinajstić information content (AvgIpc) is 2.64. The van der Waals surface area contributed by atoms with Gasteiger partial charge in [0.25, 0.3) is 0 Å². The van der Waals surface area contributed by atoms with Gasteiger partial charge < -0.3 is 0 Å². The number of aromatic nitrogens is 2. The molecule has 88 valence electrons. The number of Topliss-reactive ketones (excluding diaryl/α,β-unsaturated/α-hetero) is 1. The third kappa shape index (κ3) is 1.95. The van der Waals surface area contributed by atoms with Crippen molar-refractivity contribution in [3.05, 3.63) is 47.3 Å². The van der Waals surface area contributed by atoms with Crippen LogP contribution in [0.3, 0.4) is 0 Å². The number of halogens is 2. The van der Waals surface area contributed by atoms with Gasteiger partial charge in [-0.25, -0.2) is 13.5 Å². The Balaban J connectivity index is 2.61. The molecule has 5 heteroatoms. The molecule has 0 saturated carbocycles. The normalized spacial score (nSPS) is 10.6. The highest BCUT2D eigenvalue weighted by Crippen LogP contribution is 2.18. The van der Waals surface area contributed by atoms with Crippen molar-refractivity contribution in [2.75, 3.05) is 0 Å². The fourth-order valence-electron chi connectivity index (χ4n) is 1.65. The second-order valence-corrected chi connectivity index (χ2v) is 3.71. The van der Waals surface area contributed by atoms with Crippen molar-refractivity contribution in [1.82, 2.24) is 9.78 Å². The van der Waals surface area contributed by atoms with Crippen LogP contribution in [0, 0.1) is 18.6 Å². The fraction of sp³-hybridized carbons (Fsp3) is 0.167. The third-order valence-corrected chi connectivity index (χ3v) is 2.53. The van der Waals surface area contributed by atoms with Gasteiger partial charge in [-0.3, -0.25) is 4.79 Å². The molecular formula is C12H10F2N2O. The Morgan fingerprint density at radius 2 is 2.06 bits per heavy atom. The Kier molecular flexibility index (Phi) is 2.75. The quantitative estimate of drug-likeness (QED) is 0.751. The predicted molar refractivity (Wildman–Crippen MR) is 58.2 cm³/mol. The lowest BCUT2D eigenvalue weighted by Gasteiger charge is -2.06. The highest BCUT2D eigenvalue weighted by Gasteiger charge is 2.14. The van der Waals surface area contributed by atoms with Gasteiger partial charge in [0.05, 0.1) is 17.5 Å². The lowest BCUT2D eigenvalue weighted by Crippen LogP contribution is -2.04. The summed E-state index contributed by atoms with van der Waals surface area (Å²) in [5, 5.41) is 3.90. The molecule has 1 aromatic carbocycles. The summed E-state index contributed by atoms with van der Waals surface area (Å²) in [6, 6.07) is 3.10. The summed E-state index contributed by atoms with van der Waals surface area (Å²) in [5.41, 5.74) is 0.880. The first-order valence-corrected chi connectivity index (χ1v) is 5.01. The largest absolute Gasteiger partial charge is 0.294 e. The molecule has 1 aromatic heterocycles. The van der Waals surface area contributed by atoms with Gasteiger partial charge in [0, 0.05) is 6.07 Å². The van der Waals surface area contributed by atoms with Crippen LogP contribution in [-0.2, 0) is 0 Å². The van der Waals surface area contributed by atoms with E-state index < -0.39 is 11.6 Å². The first kappa shape index (κ1) is 11.4. The van der Waals surface area contributed by atoms with Crippen molar-refractivity contribution in [3.63, 3.8) is 0 Å². The molecule has 0 saturated heterocycles. The second kappa shape index (κ2) is 4.08. The molecule has 0 radical (unpaired) electrons. The monoisotopic (exact) mass is 236 g/mol. The molecular weight excluding hydrogens is 226 g/mol. The molecule has 0 aliphatic rings. The highest BCUT2D eigenvalue weighted by atomic mass is 19.1. The molecule has 0 aliphatic heterocycles. The number of ketones is 1. The lowest BCUT2D eigenvalue weighted by atomic mass is 10.2. The van der Waals surface area contributed by atoms with E-state index in [2.05, 4.69) is 5.10 Å². The number of benzene rings is 1. The van der Waals surface area contributed by atoms with E-state index in [1.165, 1.54) is 17.8 Å². The minimum atomic E-state index is -0.590. The zero-order valence-electron chi connectivity index (χ0n) is 9.37. The highest BCUT2D eigenvalue weighted by molar-refractivity contribution is 5.95. The number of nitrogens with zero attached hydrogens (tertiary/aromatic N) is 2. The lowest BCUT2D eigenvalue weighted by molar-refractivity contribution is 0.101. The van der Waals surface area contributed by atoms with Crippen LogP contribution in [0.1, 0.15) is 23.0 Å². The zero-order valence-corrected chi connectivity index (χ0v) is 9.37. The minimum absolute atomic E-state index is 0.00463. The maximum Gasteiger partial charge on any atom is 0.163 e. The van der Waals surface area contributed by atoms with Crippen LogP contribution in [0.15, 0.2) is 24.4 Å². The first-order valence-electron chi connectivity index (χ1n) is 5.01. The summed E-state index contributed by atoms with van der Waals surface area (Å²) < 4.78 is 27.8. The van der Waals surface area contributed by atoms with Gasteiger partial charge in [0.15, 0.2) is 5.78 Å². The molecule has 0 N–H and O–H groups in total. The summed E-state index contributed by atoms with van der Waals surface area (Å²) in [6.07, 6.45) is 1.35. The van der Waals surface area contributed by atoms with E-state index in [1.54, 1.807) is 6.92 Å². The molecule has 17 heavy (non-hydrogen) atoms. The van der Waals surface area contributed by atoms with Gasteiger partial charge in [-0.15, -0.1) is 0 Å². The van der Waals surface area contributed by atoms with Gasteiger partial charge in [-0.1, -0.05) is 0 Å². The van der Waals surface area contributed by atoms with Crippen molar-refractivity contribution in [3.8, 4) is 5.69 Å². The summed E-state index contributed by atoms with van der Waals surface area (Å²) in [5.74, 6) is -1.31. The molecule has 0 aliphatic carbocycles. The van der Waals surface area contributed by atoms with Crippen LogP contribution in [0.5, 0.6) is 0 Å². The molecule has 0 spiro atoms. The molecule has 0 atom stereocenters. The van der Waals surface area contributed by atoms with Gasteiger partial charge in [-0.2, -0.15) is 5.10 Å². The Morgan fingerprint density at radius 1 is 1.35 bits per heavy atom. The maximum atomic E-state index is 13.5. The van der Waals surface area contributed by atoms with Crippen LogP contribution >= 0.6 is 0 Å². The number of rotatable bonds is 2. The van der Waals surface area contributed by atoms with Crippen LogP contribution in [0.25, 0.3) is 5.69 Å². The molecule has 2 aromatic rings. The minimum Gasteiger partial charge on any atom is -0.294 e. The fourth-order valence-corrected chi connectivity index (χ4v) is 1.65. The Morgan fingerprint density at radius 3 is 2.65 bits per heavy atom. The summed E-state index contributed by atoms with van der Waals surface area (Å²) in [6.45, 7) is 3.03. The van der Waals surface area contributed by atoms with Crippen molar-refractivity contribution >= 4 is 5.78 Å². The average molecular weight is 236 g/mol. The summed E-state index contributed by atoms with van der Waals surface area (Å²) in [7, 11) is 0. The van der Waals surface area contributed by atoms with Gasteiger partial charge in [0.2, 0.25) is 0 Å². The van der Waals surface area contributed by atoms with Crippen molar-refractivity contribution < 1.29 is 13.6 Å². The topological polar surface area (TPSA) is 34.9 Å². The molecule has 0 fully saturated rings. The molecule has 0 unspecified atom stereocenters. The molecule has 3 nitrogen and oxygen atoms in total. The van der Waals surface area contributed by atoms with Crippen molar-refractivity contribution in [2.24, 2.45) is 0 Å². The Hall–Kier alpha value is -2.04. The van der Waals surface area contributed by atoms with Gasteiger partial charge in [-0.05, 0) is 26.0 Å². The van der Waals surface area contributed by atoms with Crippen molar-refractivity contribution in [1.29, 1.82) is 0 Å². The zero-order chi connectivity index (χ0) is 12.6. The molecule has 1 heterocycles. The Labute approximate surface area is 96.7 Å². The summed E-state index contributed by atoms with van der Waals surface area (Å²) >= 11 is 0. The smallest absolute Gasteiger partial charge is 0.163 e. The third-order valence-electron chi connectivity index (χ3n) is 2.53.